The van der Waals surface area contributed by atoms with Crippen molar-refractivity contribution in [3.63, 3.8) is 0 Å². The highest BCUT2D eigenvalue weighted by molar-refractivity contribution is 6.00. The molecular weight excluding hydrogens is 296 g/mol. The first kappa shape index (κ1) is 15.0. The standard InChI is InChI=1S/C17H16N2O4/c1-23-17(22)11-5-2-6-14(15(11)20)19-16(21)13-8-12(13)10-4-3-7-18-9-10/h2-7,9,12-13,20H,8H2,1H3,(H,19,21)/t12-,13+/m0/s1. The van der Waals surface area contributed by atoms with Gasteiger partial charge in [-0.1, -0.05) is 12.1 Å². The molecule has 1 fully saturated rings. The number of hydrogen-bond donors (Lipinski definition) is 2. The summed E-state index contributed by atoms with van der Waals surface area (Å²) in [6.45, 7) is 0. The van der Waals surface area contributed by atoms with E-state index in [9.17, 15) is 14.7 Å². The second kappa shape index (κ2) is 6.08. The smallest absolute Gasteiger partial charge is 0.341 e. The second-order valence-corrected chi connectivity index (χ2v) is 5.42. The quantitative estimate of drug-likeness (QED) is 0.668. The predicted octanol–water partition coefficient (Wildman–Crippen LogP) is 2.32. The van der Waals surface area contributed by atoms with Gasteiger partial charge in [-0.3, -0.25) is 9.78 Å². The van der Waals surface area contributed by atoms with Crippen LogP contribution in [0.15, 0.2) is 42.7 Å². The lowest BCUT2D eigenvalue weighted by Crippen LogP contribution is -2.15. The van der Waals surface area contributed by atoms with Crippen molar-refractivity contribution in [2.45, 2.75) is 12.3 Å². The summed E-state index contributed by atoms with van der Waals surface area (Å²) in [5.41, 5.74) is 1.25. The van der Waals surface area contributed by atoms with Crippen LogP contribution in [0.1, 0.15) is 28.3 Å². The number of amides is 1. The Labute approximate surface area is 133 Å². The Balaban J connectivity index is 1.71. The lowest BCUT2D eigenvalue weighted by Gasteiger charge is -2.10. The van der Waals surface area contributed by atoms with Gasteiger partial charge in [-0.25, -0.2) is 4.79 Å². The number of pyridine rings is 1. The second-order valence-electron chi connectivity index (χ2n) is 5.42. The maximum Gasteiger partial charge on any atom is 0.341 e. The fourth-order valence-corrected chi connectivity index (χ4v) is 2.59. The fourth-order valence-electron chi connectivity index (χ4n) is 2.59. The van der Waals surface area contributed by atoms with Crippen LogP contribution in [-0.2, 0) is 9.53 Å². The van der Waals surface area contributed by atoms with Gasteiger partial charge in [0.15, 0.2) is 5.75 Å². The number of nitrogens with zero attached hydrogens (tertiary/aromatic N) is 1. The summed E-state index contributed by atoms with van der Waals surface area (Å²) in [7, 11) is 1.23. The van der Waals surface area contributed by atoms with E-state index in [1.807, 2.05) is 12.1 Å². The van der Waals surface area contributed by atoms with Gasteiger partial charge in [0.1, 0.15) is 5.56 Å². The van der Waals surface area contributed by atoms with Crippen LogP contribution in [0.4, 0.5) is 5.69 Å². The molecule has 0 unspecified atom stereocenters. The van der Waals surface area contributed by atoms with Crippen LogP contribution in [0, 0.1) is 5.92 Å². The van der Waals surface area contributed by atoms with Crippen molar-refractivity contribution in [3.05, 3.63) is 53.9 Å². The fraction of sp³-hybridized carbons (Fsp3) is 0.235. The molecule has 6 heteroatoms. The van der Waals surface area contributed by atoms with Crippen molar-refractivity contribution in [3.8, 4) is 5.75 Å². The molecule has 3 rings (SSSR count). The van der Waals surface area contributed by atoms with E-state index in [4.69, 9.17) is 0 Å². The predicted molar refractivity (Wildman–Crippen MR) is 83.2 cm³/mol. The van der Waals surface area contributed by atoms with Crippen LogP contribution < -0.4 is 5.32 Å². The van der Waals surface area contributed by atoms with Gasteiger partial charge < -0.3 is 15.2 Å². The maximum absolute atomic E-state index is 12.3. The number of esters is 1. The lowest BCUT2D eigenvalue weighted by molar-refractivity contribution is -0.117. The average Bonchev–Trinajstić information content (AvgIpc) is 3.37. The molecule has 0 spiro atoms. The van der Waals surface area contributed by atoms with Crippen LogP contribution >= 0.6 is 0 Å². The van der Waals surface area contributed by atoms with Gasteiger partial charge in [-0.15, -0.1) is 0 Å². The van der Waals surface area contributed by atoms with Crippen molar-refractivity contribution in [1.82, 2.24) is 4.98 Å². The molecule has 6 nitrogen and oxygen atoms in total. The summed E-state index contributed by atoms with van der Waals surface area (Å²) in [6.07, 6.45) is 4.19. The van der Waals surface area contributed by atoms with E-state index in [1.54, 1.807) is 24.5 Å². The number of ether oxygens (including phenoxy) is 1. The minimum absolute atomic E-state index is 0.0184. The monoisotopic (exact) mass is 312 g/mol. The van der Waals surface area contributed by atoms with Crippen molar-refractivity contribution >= 4 is 17.6 Å². The molecule has 1 aromatic carbocycles. The summed E-state index contributed by atoms with van der Waals surface area (Å²) in [6, 6.07) is 8.34. The van der Waals surface area contributed by atoms with E-state index >= 15 is 0 Å². The molecule has 2 aromatic rings. The zero-order valence-corrected chi connectivity index (χ0v) is 12.5. The van der Waals surface area contributed by atoms with E-state index in [1.165, 1.54) is 13.2 Å². The number of anilines is 1. The molecule has 0 aliphatic heterocycles. The van der Waals surface area contributed by atoms with Crippen molar-refractivity contribution in [2.75, 3.05) is 12.4 Å². The Morgan fingerprint density at radius 1 is 1.30 bits per heavy atom. The van der Waals surface area contributed by atoms with Crippen LogP contribution in [-0.4, -0.2) is 29.1 Å². The molecule has 1 amide bonds. The van der Waals surface area contributed by atoms with Crippen molar-refractivity contribution in [2.24, 2.45) is 5.92 Å². The molecule has 1 aliphatic carbocycles. The Hall–Kier alpha value is -2.89. The van der Waals surface area contributed by atoms with Gasteiger partial charge in [0, 0.05) is 18.3 Å². The van der Waals surface area contributed by atoms with E-state index in [2.05, 4.69) is 15.0 Å². The van der Waals surface area contributed by atoms with Crippen molar-refractivity contribution < 1.29 is 19.4 Å². The molecule has 0 radical (unpaired) electrons. The molecule has 1 aliphatic rings. The summed E-state index contributed by atoms with van der Waals surface area (Å²) >= 11 is 0. The highest BCUT2D eigenvalue weighted by atomic mass is 16.5. The number of rotatable bonds is 4. The number of hydrogen-bond acceptors (Lipinski definition) is 5. The molecule has 1 heterocycles. The molecule has 1 aromatic heterocycles. The number of nitrogens with one attached hydrogen (secondary N) is 1. The summed E-state index contributed by atoms with van der Waals surface area (Å²) < 4.78 is 4.59. The van der Waals surface area contributed by atoms with Gasteiger partial charge in [0.2, 0.25) is 5.91 Å². The summed E-state index contributed by atoms with van der Waals surface area (Å²) in [5, 5.41) is 12.8. The van der Waals surface area contributed by atoms with Crippen LogP contribution in [0.2, 0.25) is 0 Å². The minimum Gasteiger partial charge on any atom is -0.505 e. The Bertz CT molecular complexity index is 746. The first-order valence-corrected chi connectivity index (χ1v) is 7.23. The maximum atomic E-state index is 12.3. The van der Waals surface area contributed by atoms with E-state index in [0.29, 0.717) is 0 Å². The molecule has 2 N–H and O–H groups in total. The minimum atomic E-state index is -0.654. The zero-order chi connectivity index (χ0) is 16.4. The topological polar surface area (TPSA) is 88.5 Å². The normalized spacial score (nSPS) is 19.0. The number of phenols is 1. The van der Waals surface area contributed by atoms with Crippen LogP contribution in [0.3, 0.4) is 0 Å². The third-order valence-electron chi connectivity index (χ3n) is 3.94. The van der Waals surface area contributed by atoms with Gasteiger partial charge in [0.05, 0.1) is 12.8 Å². The van der Waals surface area contributed by atoms with Gasteiger partial charge in [-0.2, -0.15) is 0 Å². The molecule has 1 saturated carbocycles. The Kier molecular flexibility index (Phi) is 3.97. The largest absolute Gasteiger partial charge is 0.505 e. The number of para-hydroxylation sites is 1. The Morgan fingerprint density at radius 3 is 2.83 bits per heavy atom. The van der Waals surface area contributed by atoms with Gasteiger partial charge in [0.25, 0.3) is 0 Å². The third kappa shape index (κ3) is 3.01. The molecule has 2 atom stereocenters. The van der Waals surface area contributed by atoms with E-state index in [-0.39, 0.29) is 34.7 Å². The SMILES string of the molecule is COC(=O)c1cccc(NC(=O)[C@@H]2C[C@H]2c2cccnc2)c1O. The van der Waals surface area contributed by atoms with Crippen LogP contribution in [0.25, 0.3) is 0 Å². The molecular formula is C17H16N2O4. The summed E-state index contributed by atoms with van der Waals surface area (Å²) in [5.74, 6) is -1.13. The van der Waals surface area contributed by atoms with Crippen molar-refractivity contribution in [1.29, 1.82) is 0 Å². The third-order valence-corrected chi connectivity index (χ3v) is 3.94. The van der Waals surface area contributed by atoms with Crippen LogP contribution in [0.5, 0.6) is 5.75 Å². The van der Waals surface area contributed by atoms with Gasteiger partial charge in [-0.05, 0) is 36.1 Å². The molecule has 0 saturated heterocycles. The Morgan fingerprint density at radius 2 is 2.13 bits per heavy atom. The highest BCUT2D eigenvalue weighted by Gasteiger charge is 2.44. The number of carbonyl (C=O) groups is 2. The van der Waals surface area contributed by atoms with Gasteiger partial charge >= 0.3 is 5.97 Å². The number of aromatic hydroxyl groups is 1. The first-order valence-electron chi connectivity index (χ1n) is 7.23. The number of aromatic nitrogens is 1. The number of benzene rings is 1. The number of methoxy groups -OCH3 is 1. The van der Waals surface area contributed by atoms with E-state index < -0.39 is 5.97 Å². The summed E-state index contributed by atoms with van der Waals surface area (Å²) in [4.78, 5) is 27.9. The number of phenolic OH excluding ortho intramolecular Hbond substituents is 1. The highest BCUT2D eigenvalue weighted by Crippen LogP contribution is 2.48. The number of carbonyl (C=O) groups excluding carboxylic acids is 2. The lowest BCUT2D eigenvalue weighted by atomic mass is 10.1. The van der Waals surface area contributed by atoms with E-state index in [0.717, 1.165) is 12.0 Å². The molecule has 118 valence electrons. The zero-order valence-electron chi connectivity index (χ0n) is 12.5. The first-order chi connectivity index (χ1) is 11.1. The molecule has 23 heavy (non-hydrogen) atoms. The average molecular weight is 312 g/mol. The molecule has 0 bridgehead atoms.